The van der Waals surface area contributed by atoms with E-state index in [1.807, 2.05) is 35.2 Å². The third-order valence-electron chi connectivity index (χ3n) is 3.71. The van der Waals surface area contributed by atoms with Crippen molar-refractivity contribution in [3.8, 4) is 0 Å². The van der Waals surface area contributed by atoms with Gasteiger partial charge in [-0.05, 0) is 37.2 Å². The lowest BCUT2D eigenvalue weighted by Gasteiger charge is -2.18. The molecule has 0 radical (unpaired) electrons. The Bertz CT molecular complexity index is 694. The largest absolute Gasteiger partial charge is 0.337 e. The number of hydrogen-bond acceptors (Lipinski definition) is 4. The minimum Gasteiger partial charge on any atom is -0.337 e. The van der Waals surface area contributed by atoms with Crippen LogP contribution in [-0.4, -0.2) is 43.0 Å². The molecule has 24 heavy (non-hydrogen) atoms. The van der Waals surface area contributed by atoms with Gasteiger partial charge < -0.3 is 15.5 Å². The highest BCUT2D eigenvalue weighted by atomic mass is 32.1. The molecule has 0 bridgehead atoms. The molecule has 3 amide bonds. The van der Waals surface area contributed by atoms with E-state index in [0.717, 1.165) is 31.7 Å². The number of hydrogen-bond donors (Lipinski definition) is 3. The molecule has 7 heteroatoms. The Hall–Kier alpha value is -2.38. The number of carbonyl (C=O) groups is 2. The Labute approximate surface area is 144 Å². The lowest BCUT2D eigenvalue weighted by molar-refractivity contribution is 0.0771. The summed E-state index contributed by atoms with van der Waals surface area (Å²) in [6, 6.07) is 12.4. The first-order valence-electron chi connectivity index (χ1n) is 7.95. The average Bonchev–Trinajstić information content (AvgIpc) is 2.88. The van der Waals surface area contributed by atoms with Crippen LogP contribution in [0.5, 0.6) is 0 Å². The first-order chi connectivity index (χ1) is 11.7. The van der Waals surface area contributed by atoms with Gasteiger partial charge in [0.15, 0.2) is 0 Å². The number of carbonyl (C=O) groups excluding carboxylic acids is 2. The highest BCUT2D eigenvalue weighted by Crippen LogP contribution is 2.23. The summed E-state index contributed by atoms with van der Waals surface area (Å²) in [4.78, 5) is 27.0. The molecule has 0 atom stereocenters. The van der Waals surface area contributed by atoms with Gasteiger partial charge in [-0.25, -0.2) is 4.79 Å². The summed E-state index contributed by atoms with van der Waals surface area (Å²) in [5.41, 5.74) is 0.722. The van der Waals surface area contributed by atoms with Crippen molar-refractivity contribution < 1.29 is 9.59 Å². The third-order valence-corrected chi connectivity index (χ3v) is 4.70. The molecule has 0 aliphatic carbocycles. The molecule has 0 spiro atoms. The Morgan fingerprint density at radius 1 is 1.00 bits per heavy atom. The maximum atomic E-state index is 12.5. The first-order valence-corrected chi connectivity index (χ1v) is 8.77. The predicted octanol–water partition coefficient (Wildman–Crippen LogP) is 2.83. The highest BCUT2D eigenvalue weighted by molar-refractivity contribution is 7.18. The van der Waals surface area contributed by atoms with Crippen LogP contribution in [-0.2, 0) is 0 Å². The summed E-state index contributed by atoms with van der Waals surface area (Å²) < 4.78 is 0. The smallest absolute Gasteiger partial charge is 0.324 e. The maximum Gasteiger partial charge on any atom is 0.324 e. The Balaban J connectivity index is 1.58. The van der Waals surface area contributed by atoms with E-state index in [1.54, 1.807) is 12.1 Å². The molecule has 1 saturated heterocycles. The predicted molar refractivity (Wildman–Crippen MR) is 96.8 cm³/mol. The average molecular weight is 344 g/mol. The van der Waals surface area contributed by atoms with Gasteiger partial charge in [-0.3, -0.25) is 10.1 Å². The molecule has 0 saturated carbocycles. The molecule has 1 aromatic heterocycles. The summed E-state index contributed by atoms with van der Waals surface area (Å²) in [7, 11) is 0. The van der Waals surface area contributed by atoms with Crippen molar-refractivity contribution >= 4 is 34.0 Å². The van der Waals surface area contributed by atoms with Crippen LogP contribution in [0, 0.1) is 0 Å². The topological polar surface area (TPSA) is 73.5 Å². The second kappa shape index (κ2) is 7.94. The van der Waals surface area contributed by atoms with E-state index in [9.17, 15) is 9.59 Å². The lowest BCUT2D eigenvalue weighted by Crippen LogP contribution is -2.33. The van der Waals surface area contributed by atoms with Crippen molar-refractivity contribution in [1.82, 2.24) is 10.2 Å². The molecule has 2 aromatic rings. The quantitative estimate of drug-likeness (QED) is 0.802. The maximum absolute atomic E-state index is 12.5. The molecule has 1 fully saturated rings. The number of nitrogens with zero attached hydrogens (tertiary/aromatic N) is 1. The van der Waals surface area contributed by atoms with E-state index < -0.39 is 0 Å². The fraction of sp³-hybridized carbons (Fsp3) is 0.294. The number of thiophene rings is 1. The number of benzene rings is 1. The van der Waals surface area contributed by atoms with Gasteiger partial charge >= 0.3 is 6.03 Å². The zero-order valence-corrected chi connectivity index (χ0v) is 14.1. The Morgan fingerprint density at radius 3 is 2.67 bits per heavy atom. The molecule has 3 N–H and O–H groups in total. The minimum atomic E-state index is -0.318. The number of nitrogens with one attached hydrogen (secondary N) is 3. The molecular weight excluding hydrogens is 324 g/mol. The fourth-order valence-corrected chi connectivity index (χ4v) is 3.39. The fourth-order valence-electron chi connectivity index (χ4n) is 2.52. The zero-order chi connectivity index (χ0) is 16.8. The zero-order valence-electron chi connectivity index (χ0n) is 13.2. The second-order valence-electron chi connectivity index (χ2n) is 5.50. The van der Waals surface area contributed by atoms with Gasteiger partial charge in [-0.2, -0.15) is 0 Å². The molecule has 1 aromatic carbocycles. The molecule has 0 unspecified atom stereocenters. The van der Waals surface area contributed by atoms with Crippen LogP contribution in [0.4, 0.5) is 15.5 Å². The SMILES string of the molecule is O=C(Nc1ccccc1)Nc1ccc(C(=O)N2CCCNCC2)s1. The van der Waals surface area contributed by atoms with Crippen LogP contribution >= 0.6 is 11.3 Å². The summed E-state index contributed by atoms with van der Waals surface area (Å²) >= 11 is 1.30. The number of urea groups is 1. The molecule has 6 nitrogen and oxygen atoms in total. The summed E-state index contributed by atoms with van der Waals surface area (Å²) in [6.45, 7) is 3.25. The Morgan fingerprint density at radius 2 is 1.83 bits per heavy atom. The second-order valence-corrected chi connectivity index (χ2v) is 6.59. The normalized spacial score (nSPS) is 14.8. The van der Waals surface area contributed by atoms with E-state index in [0.29, 0.717) is 16.4 Å². The van der Waals surface area contributed by atoms with Gasteiger partial charge in [0.1, 0.15) is 0 Å². The molecule has 1 aliphatic heterocycles. The molecule has 3 rings (SSSR count). The van der Waals surface area contributed by atoms with Crippen LogP contribution in [0.3, 0.4) is 0 Å². The lowest BCUT2D eigenvalue weighted by atomic mass is 10.3. The van der Waals surface area contributed by atoms with Gasteiger partial charge in [0.05, 0.1) is 9.88 Å². The van der Waals surface area contributed by atoms with Crippen LogP contribution in [0.25, 0.3) is 0 Å². The minimum absolute atomic E-state index is 0.0280. The standard InChI is InChI=1S/C17H20N4O2S/c22-16(21-11-4-9-18-10-12-21)14-7-8-15(24-14)20-17(23)19-13-5-2-1-3-6-13/h1-3,5-8,18H,4,9-12H2,(H2,19,20,23). The van der Waals surface area contributed by atoms with E-state index in [1.165, 1.54) is 11.3 Å². The van der Waals surface area contributed by atoms with Gasteiger partial charge in [0.25, 0.3) is 5.91 Å². The number of anilines is 2. The van der Waals surface area contributed by atoms with Gasteiger partial charge in [-0.15, -0.1) is 11.3 Å². The van der Waals surface area contributed by atoms with Crippen LogP contribution in [0.15, 0.2) is 42.5 Å². The van der Waals surface area contributed by atoms with Crippen molar-refractivity contribution in [3.05, 3.63) is 47.3 Å². The van der Waals surface area contributed by atoms with E-state index in [2.05, 4.69) is 16.0 Å². The van der Waals surface area contributed by atoms with Crippen molar-refractivity contribution in [2.75, 3.05) is 36.8 Å². The van der Waals surface area contributed by atoms with E-state index in [4.69, 9.17) is 0 Å². The van der Waals surface area contributed by atoms with E-state index in [-0.39, 0.29) is 11.9 Å². The van der Waals surface area contributed by atoms with Gasteiger partial charge in [-0.1, -0.05) is 18.2 Å². The van der Waals surface area contributed by atoms with Gasteiger partial charge in [0, 0.05) is 25.3 Å². The monoisotopic (exact) mass is 344 g/mol. The van der Waals surface area contributed by atoms with Crippen LogP contribution < -0.4 is 16.0 Å². The number of para-hydroxylation sites is 1. The molecule has 126 valence electrons. The third kappa shape index (κ3) is 4.33. The van der Waals surface area contributed by atoms with Crippen molar-refractivity contribution in [2.45, 2.75) is 6.42 Å². The van der Waals surface area contributed by atoms with Crippen LogP contribution in [0.1, 0.15) is 16.1 Å². The molecule has 2 heterocycles. The summed E-state index contributed by atoms with van der Waals surface area (Å²) in [6.07, 6.45) is 0.960. The number of rotatable bonds is 3. The Kier molecular flexibility index (Phi) is 5.45. The highest BCUT2D eigenvalue weighted by Gasteiger charge is 2.19. The first kappa shape index (κ1) is 16.5. The van der Waals surface area contributed by atoms with E-state index >= 15 is 0 Å². The van der Waals surface area contributed by atoms with Crippen molar-refractivity contribution in [3.63, 3.8) is 0 Å². The van der Waals surface area contributed by atoms with Crippen molar-refractivity contribution in [1.29, 1.82) is 0 Å². The van der Waals surface area contributed by atoms with Gasteiger partial charge in [0.2, 0.25) is 0 Å². The molecule has 1 aliphatic rings. The summed E-state index contributed by atoms with van der Waals surface area (Å²) in [5, 5.41) is 9.45. The molecular formula is C17H20N4O2S. The number of amides is 3. The van der Waals surface area contributed by atoms with Crippen LogP contribution in [0.2, 0.25) is 0 Å². The van der Waals surface area contributed by atoms with Crippen molar-refractivity contribution in [2.24, 2.45) is 0 Å². The summed E-state index contributed by atoms with van der Waals surface area (Å²) in [5.74, 6) is 0.0280.